The molecule has 0 amide bonds. The number of nitrogens with one attached hydrogen (secondary N) is 1. The third-order valence-electron chi connectivity index (χ3n) is 3.97. The van der Waals surface area contributed by atoms with Crippen molar-refractivity contribution in [1.29, 1.82) is 5.26 Å². The molecule has 4 aromatic rings. The third kappa shape index (κ3) is 3.08. The second-order valence-electron chi connectivity index (χ2n) is 5.65. The van der Waals surface area contributed by atoms with Crippen LogP contribution in [0.2, 0.25) is 5.02 Å². The van der Waals surface area contributed by atoms with Crippen LogP contribution in [-0.4, -0.2) is 19.7 Å². The Hall–Kier alpha value is -3.43. The minimum atomic E-state index is 0.473. The summed E-state index contributed by atoms with van der Waals surface area (Å²) in [6.07, 6.45) is 6.85. The molecule has 0 unspecified atom stereocenters. The Morgan fingerprint density at radius 3 is 2.88 bits per heavy atom. The van der Waals surface area contributed by atoms with Crippen molar-refractivity contribution in [2.45, 2.75) is 6.54 Å². The number of pyridine rings is 2. The zero-order valence-electron chi connectivity index (χ0n) is 13.6. The summed E-state index contributed by atoms with van der Waals surface area (Å²) in [5.74, 6) is 0.734. The van der Waals surface area contributed by atoms with Gasteiger partial charge < -0.3 is 5.32 Å². The Bertz CT molecular complexity index is 1110. The molecule has 0 aliphatic heterocycles. The molecular weight excluding hydrogens is 348 g/mol. The van der Waals surface area contributed by atoms with Crippen molar-refractivity contribution in [2.75, 3.05) is 5.32 Å². The summed E-state index contributed by atoms with van der Waals surface area (Å²) in [6.45, 7) is 0.525. The van der Waals surface area contributed by atoms with E-state index in [1.54, 1.807) is 29.3 Å². The van der Waals surface area contributed by atoms with E-state index >= 15 is 0 Å². The summed E-state index contributed by atoms with van der Waals surface area (Å²) < 4.78 is 1.70. The van der Waals surface area contributed by atoms with Crippen molar-refractivity contribution < 1.29 is 0 Å². The van der Waals surface area contributed by atoms with Gasteiger partial charge in [0, 0.05) is 41.7 Å². The van der Waals surface area contributed by atoms with Crippen LogP contribution in [0.3, 0.4) is 0 Å². The molecule has 4 rings (SSSR count). The molecule has 0 atom stereocenters. The topological polar surface area (TPSA) is 79.4 Å². The quantitative estimate of drug-likeness (QED) is 0.596. The number of anilines is 1. The number of hydrogen-bond acceptors (Lipinski definition) is 5. The number of aromatic nitrogens is 4. The summed E-state index contributed by atoms with van der Waals surface area (Å²) in [7, 11) is 0. The fraction of sp³-hybridized carbons (Fsp3) is 0.0526. The van der Waals surface area contributed by atoms with Gasteiger partial charge in [-0.1, -0.05) is 11.6 Å². The lowest BCUT2D eigenvalue weighted by Crippen LogP contribution is -2.05. The van der Waals surface area contributed by atoms with Crippen LogP contribution in [0, 0.1) is 11.3 Å². The van der Waals surface area contributed by atoms with E-state index in [0.717, 1.165) is 28.0 Å². The van der Waals surface area contributed by atoms with Gasteiger partial charge in [0.2, 0.25) is 0 Å². The standard InChI is InChI=1S/C19H13ClN6/c20-15-2-3-17-16(9-15)19(14(10-21)12-23-17)24-11-13-4-6-22-18(8-13)26-7-1-5-25-26/h1-9,12H,11H2,(H,23,24). The number of halogens is 1. The first-order chi connectivity index (χ1) is 12.7. The predicted molar refractivity (Wildman–Crippen MR) is 100 cm³/mol. The molecule has 26 heavy (non-hydrogen) atoms. The van der Waals surface area contributed by atoms with Gasteiger partial charge in [0.15, 0.2) is 5.82 Å². The van der Waals surface area contributed by atoms with Crippen LogP contribution in [0.1, 0.15) is 11.1 Å². The molecule has 0 radical (unpaired) electrons. The Morgan fingerprint density at radius 1 is 1.15 bits per heavy atom. The second-order valence-corrected chi connectivity index (χ2v) is 6.08. The molecule has 0 saturated heterocycles. The zero-order chi connectivity index (χ0) is 17.9. The van der Waals surface area contributed by atoms with Crippen molar-refractivity contribution in [1.82, 2.24) is 19.7 Å². The van der Waals surface area contributed by atoms with Gasteiger partial charge in [0.05, 0.1) is 16.8 Å². The van der Waals surface area contributed by atoms with Crippen LogP contribution >= 0.6 is 11.6 Å². The fourth-order valence-corrected chi connectivity index (χ4v) is 2.90. The lowest BCUT2D eigenvalue weighted by Gasteiger charge is -2.12. The number of hydrogen-bond donors (Lipinski definition) is 1. The van der Waals surface area contributed by atoms with E-state index in [1.807, 2.05) is 36.5 Å². The maximum absolute atomic E-state index is 9.43. The predicted octanol–water partition coefficient (Wildman–Crippen LogP) is 3.95. The highest BCUT2D eigenvalue weighted by atomic mass is 35.5. The number of benzene rings is 1. The lowest BCUT2D eigenvalue weighted by molar-refractivity contribution is 0.843. The molecular formula is C19H13ClN6. The Morgan fingerprint density at radius 2 is 2.08 bits per heavy atom. The van der Waals surface area contributed by atoms with Gasteiger partial charge in [-0.25, -0.2) is 9.67 Å². The van der Waals surface area contributed by atoms with E-state index in [1.165, 1.54) is 0 Å². The molecule has 3 heterocycles. The molecule has 1 N–H and O–H groups in total. The molecule has 0 fully saturated rings. The number of nitrogens with zero attached hydrogens (tertiary/aromatic N) is 5. The largest absolute Gasteiger partial charge is 0.379 e. The van der Waals surface area contributed by atoms with Crippen LogP contribution < -0.4 is 5.32 Å². The highest BCUT2D eigenvalue weighted by Crippen LogP contribution is 2.28. The van der Waals surface area contributed by atoms with Crippen molar-refractivity contribution in [2.24, 2.45) is 0 Å². The molecule has 0 spiro atoms. The van der Waals surface area contributed by atoms with Gasteiger partial charge >= 0.3 is 0 Å². The summed E-state index contributed by atoms with van der Waals surface area (Å²) in [4.78, 5) is 8.64. The van der Waals surface area contributed by atoms with E-state index in [0.29, 0.717) is 17.1 Å². The molecule has 0 bridgehead atoms. The molecule has 126 valence electrons. The maximum atomic E-state index is 9.43. The number of rotatable bonds is 4. The Kier molecular flexibility index (Phi) is 4.22. The molecule has 1 aromatic carbocycles. The highest BCUT2D eigenvalue weighted by molar-refractivity contribution is 6.31. The molecule has 0 saturated carbocycles. The average Bonchev–Trinajstić information content (AvgIpc) is 3.21. The van der Waals surface area contributed by atoms with Crippen LogP contribution in [0.15, 0.2) is 61.2 Å². The van der Waals surface area contributed by atoms with E-state index in [9.17, 15) is 5.26 Å². The summed E-state index contributed by atoms with van der Waals surface area (Å²) >= 11 is 6.12. The van der Waals surface area contributed by atoms with Crippen LogP contribution in [0.5, 0.6) is 0 Å². The maximum Gasteiger partial charge on any atom is 0.153 e. The first-order valence-corrected chi connectivity index (χ1v) is 8.29. The smallest absolute Gasteiger partial charge is 0.153 e. The van der Waals surface area contributed by atoms with Crippen LogP contribution in [-0.2, 0) is 6.54 Å². The van der Waals surface area contributed by atoms with E-state index in [2.05, 4.69) is 26.5 Å². The van der Waals surface area contributed by atoms with Gasteiger partial charge in [-0.15, -0.1) is 0 Å². The summed E-state index contributed by atoms with van der Waals surface area (Å²) in [6, 6.07) is 13.3. The van der Waals surface area contributed by atoms with Crippen molar-refractivity contribution in [3.8, 4) is 11.9 Å². The SMILES string of the molecule is N#Cc1cnc2ccc(Cl)cc2c1NCc1ccnc(-n2cccn2)c1. The second kappa shape index (κ2) is 6.82. The van der Waals surface area contributed by atoms with E-state index in [-0.39, 0.29) is 0 Å². The first kappa shape index (κ1) is 16.1. The number of fused-ring (bicyclic) bond motifs is 1. The van der Waals surface area contributed by atoms with Gasteiger partial charge in [-0.2, -0.15) is 10.4 Å². The molecule has 3 aromatic heterocycles. The lowest BCUT2D eigenvalue weighted by atomic mass is 10.1. The van der Waals surface area contributed by atoms with Gasteiger partial charge in [-0.3, -0.25) is 4.98 Å². The van der Waals surface area contributed by atoms with Crippen LogP contribution in [0.25, 0.3) is 16.7 Å². The molecule has 6 nitrogen and oxygen atoms in total. The minimum absolute atomic E-state index is 0.473. The molecule has 0 aliphatic carbocycles. The van der Waals surface area contributed by atoms with Gasteiger partial charge in [0.1, 0.15) is 6.07 Å². The Labute approximate surface area is 154 Å². The average molecular weight is 361 g/mol. The highest BCUT2D eigenvalue weighted by Gasteiger charge is 2.10. The molecule has 7 heteroatoms. The van der Waals surface area contributed by atoms with Crippen molar-refractivity contribution in [3.63, 3.8) is 0 Å². The minimum Gasteiger partial charge on any atom is -0.379 e. The summed E-state index contributed by atoms with van der Waals surface area (Å²) in [5, 5.41) is 18.4. The first-order valence-electron chi connectivity index (χ1n) is 7.92. The molecule has 0 aliphatic rings. The van der Waals surface area contributed by atoms with Crippen molar-refractivity contribution >= 4 is 28.2 Å². The fourth-order valence-electron chi connectivity index (χ4n) is 2.73. The normalized spacial score (nSPS) is 10.6. The summed E-state index contributed by atoms with van der Waals surface area (Å²) in [5.41, 5.74) is 2.99. The zero-order valence-corrected chi connectivity index (χ0v) is 14.4. The van der Waals surface area contributed by atoms with Gasteiger partial charge in [0.25, 0.3) is 0 Å². The van der Waals surface area contributed by atoms with E-state index in [4.69, 9.17) is 11.6 Å². The van der Waals surface area contributed by atoms with Crippen molar-refractivity contribution in [3.05, 3.63) is 77.3 Å². The third-order valence-corrected chi connectivity index (χ3v) is 4.20. The number of nitriles is 1. The monoisotopic (exact) mass is 360 g/mol. The van der Waals surface area contributed by atoms with Crippen LogP contribution in [0.4, 0.5) is 5.69 Å². The van der Waals surface area contributed by atoms with Gasteiger partial charge in [-0.05, 0) is 42.0 Å². The van der Waals surface area contributed by atoms with E-state index < -0.39 is 0 Å². The Balaban J connectivity index is 1.67.